The Bertz CT molecular complexity index is 734. The lowest BCUT2D eigenvalue weighted by molar-refractivity contribution is 0.124. The normalized spacial score (nSPS) is 16.1. The Labute approximate surface area is 250 Å². The zero-order valence-corrected chi connectivity index (χ0v) is 25.7. The second-order valence-electron chi connectivity index (χ2n) is 6.75. The van der Waals surface area contributed by atoms with E-state index in [4.69, 9.17) is 162 Å². The topological polar surface area (TPSA) is 20.2 Å². The van der Waals surface area contributed by atoms with Crippen molar-refractivity contribution in [1.82, 2.24) is 0 Å². The van der Waals surface area contributed by atoms with Gasteiger partial charge in [0.2, 0.25) is 16.3 Å². The van der Waals surface area contributed by atoms with Gasteiger partial charge in [0.15, 0.2) is 8.67 Å². The van der Waals surface area contributed by atoms with Crippen LogP contribution in [0.15, 0.2) is 18.2 Å². The summed E-state index contributed by atoms with van der Waals surface area (Å²) in [7, 11) is 0. The molecule has 0 heterocycles. The van der Waals surface area contributed by atoms with Crippen molar-refractivity contribution in [1.29, 1.82) is 0 Å². The SMILES string of the molecule is CC(C)C(O)c1c(C(Cl)(Cl)C(Cl)(Cl)C(Cl)(Cl)Cl)cccc1C(Cl)(Cl)C(Cl)(Cl)C(Cl)(Cl)Cl. The van der Waals surface area contributed by atoms with Gasteiger partial charge in [-0.25, -0.2) is 0 Å². The van der Waals surface area contributed by atoms with Gasteiger partial charge in [0, 0.05) is 0 Å². The van der Waals surface area contributed by atoms with Crippen LogP contribution in [0.5, 0.6) is 0 Å². The van der Waals surface area contributed by atoms with E-state index in [-0.39, 0.29) is 16.7 Å². The average molecular weight is 717 g/mol. The van der Waals surface area contributed by atoms with Gasteiger partial charge in [-0.15, -0.1) is 0 Å². The van der Waals surface area contributed by atoms with E-state index in [0.717, 1.165) is 0 Å². The van der Waals surface area contributed by atoms with Crippen LogP contribution >= 0.6 is 162 Å². The van der Waals surface area contributed by atoms with Crippen LogP contribution in [0.1, 0.15) is 36.6 Å². The molecule has 0 aliphatic carbocycles. The highest BCUT2D eigenvalue weighted by Crippen LogP contribution is 2.65. The van der Waals surface area contributed by atoms with E-state index in [9.17, 15) is 5.11 Å². The summed E-state index contributed by atoms with van der Waals surface area (Å²) in [5.74, 6) is -0.450. The van der Waals surface area contributed by atoms with Crippen molar-refractivity contribution in [3.63, 3.8) is 0 Å². The van der Waals surface area contributed by atoms with Crippen molar-refractivity contribution in [2.24, 2.45) is 5.92 Å². The zero-order valence-electron chi connectivity index (χ0n) is 15.1. The maximum absolute atomic E-state index is 11.0. The molecule has 1 aromatic rings. The smallest absolute Gasteiger partial charge is 0.226 e. The minimum Gasteiger partial charge on any atom is -0.388 e. The first-order valence-electron chi connectivity index (χ1n) is 7.92. The van der Waals surface area contributed by atoms with Crippen LogP contribution in [0.3, 0.4) is 0 Å². The quantitative estimate of drug-likeness (QED) is 0.291. The van der Waals surface area contributed by atoms with Crippen molar-refractivity contribution < 1.29 is 5.11 Å². The molecular formula is C16H12Cl14O. The molecule has 1 rings (SSSR count). The highest BCUT2D eigenvalue weighted by molar-refractivity contribution is 6.79. The fourth-order valence-electron chi connectivity index (χ4n) is 2.46. The Kier molecular flexibility index (Phi) is 11.0. The molecular weight excluding hydrogens is 705 g/mol. The summed E-state index contributed by atoms with van der Waals surface area (Å²) in [5.41, 5.74) is -0.276. The summed E-state index contributed by atoms with van der Waals surface area (Å²) in [6.45, 7) is 3.35. The van der Waals surface area contributed by atoms with Crippen LogP contribution in [0.25, 0.3) is 0 Å². The Morgan fingerprint density at radius 2 is 0.903 bits per heavy atom. The maximum Gasteiger partial charge on any atom is 0.226 e. The van der Waals surface area contributed by atoms with Gasteiger partial charge in [-0.3, -0.25) is 0 Å². The summed E-state index contributed by atoms with van der Waals surface area (Å²) in [6.07, 6.45) is -1.32. The minimum atomic E-state index is -2.44. The molecule has 15 heteroatoms. The first-order chi connectivity index (χ1) is 13.5. The zero-order chi connectivity index (χ0) is 25.0. The summed E-state index contributed by atoms with van der Waals surface area (Å²) in [4.78, 5) is 0. The molecule has 0 bridgehead atoms. The molecule has 1 atom stereocenters. The number of hydrogen-bond donors (Lipinski definition) is 1. The van der Waals surface area contributed by atoms with E-state index in [1.807, 2.05) is 0 Å². The largest absolute Gasteiger partial charge is 0.388 e. The van der Waals surface area contributed by atoms with Crippen LogP contribution in [0, 0.1) is 5.92 Å². The maximum atomic E-state index is 11.0. The molecule has 0 spiro atoms. The summed E-state index contributed by atoms with van der Waals surface area (Å²) in [5, 5.41) is 11.0. The number of hydrogen-bond acceptors (Lipinski definition) is 1. The monoisotopic (exact) mass is 710 g/mol. The van der Waals surface area contributed by atoms with Crippen molar-refractivity contribution >= 4 is 162 Å². The van der Waals surface area contributed by atoms with E-state index in [2.05, 4.69) is 0 Å². The number of halogens is 14. The van der Waals surface area contributed by atoms with Gasteiger partial charge >= 0.3 is 0 Å². The summed E-state index contributed by atoms with van der Waals surface area (Å²) in [6, 6.07) is 4.12. The molecule has 31 heavy (non-hydrogen) atoms. The second-order valence-corrected chi connectivity index (χ2v) is 16.6. The first kappa shape index (κ1) is 32.3. The number of aliphatic hydroxyl groups excluding tert-OH is 1. The van der Waals surface area contributed by atoms with Crippen LogP contribution in [0.2, 0.25) is 0 Å². The number of rotatable bonds is 6. The van der Waals surface area contributed by atoms with Gasteiger partial charge in [0.1, 0.15) is 0 Å². The third-order valence-corrected chi connectivity index (χ3v) is 12.1. The summed E-state index contributed by atoms with van der Waals surface area (Å²) >= 11 is 86.6. The van der Waals surface area contributed by atoms with Crippen molar-refractivity contribution in [2.75, 3.05) is 0 Å². The van der Waals surface area contributed by atoms with Crippen LogP contribution in [-0.4, -0.2) is 21.4 Å². The number of benzene rings is 1. The highest BCUT2D eigenvalue weighted by Gasteiger charge is 2.64. The average Bonchev–Trinajstić information content (AvgIpc) is 2.57. The first-order valence-corrected chi connectivity index (χ1v) is 13.2. The molecule has 0 saturated heterocycles. The number of alkyl halides is 14. The predicted octanol–water partition coefficient (Wildman–Crippen LogP) is 10.7. The molecule has 0 aromatic heterocycles. The van der Waals surface area contributed by atoms with E-state index in [0.29, 0.717) is 0 Å². The van der Waals surface area contributed by atoms with Gasteiger partial charge in [0.25, 0.3) is 0 Å². The predicted molar refractivity (Wildman–Crippen MR) is 142 cm³/mol. The molecule has 0 radical (unpaired) electrons. The lowest BCUT2D eigenvalue weighted by Gasteiger charge is -2.42. The van der Waals surface area contributed by atoms with Crippen LogP contribution in [0.4, 0.5) is 0 Å². The third kappa shape index (κ3) is 6.05. The van der Waals surface area contributed by atoms with E-state index in [1.54, 1.807) is 13.8 Å². The Morgan fingerprint density at radius 1 is 0.613 bits per heavy atom. The Hall–Kier alpha value is 3.24. The van der Waals surface area contributed by atoms with Gasteiger partial charge in [-0.2, -0.15) is 0 Å². The van der Waals surface area contributed by atoms with Gasteiger partial charge in [0.05, 0.1) is 6.10 Å². The van der Waals surface area contributed by atoms with Gasteiger partial charge in [-0.1, -0.05) is 194 Å². The number of aliphatic hydroxyl groups is 1. The van der Waals surface area contributed by atoms with Crippen molar-refractivity contribution in [2.45, 2.75) is 44.9 Å². The Morgan fingerprint density at radius 3 is 1.13 bits per heavy atom. The molecule has 180 valence electrons. The molecule has 0 aliphatic heterocycles. The van der Waals surface area contributed by atoms with Crippen molar-refractivity contribution in [3.05, 3.63) is 34.9 Å². The molecule has 0 saturated carbocycles. The summed E-state index contributed by atoms with van der Waals surface area (Å²) < 4.78 is -14.3. The van der Waals surface area contributed by atoms with E-state index in [1.165, 1.54) is 18.2 Å². The lowest BCUT2D eigenvalue weighted by atomic mass is 9.86. The van der Waals surface area contributed by atoms with E-state index < -0.39 is 36.9 Å². The molecule has 1 nitrogen and oxygen atoms in total. The van der Waals surface area contributed by atoms with E-state index >= 15 is 0 Å². The molecule has 1 N–H and O–H groups in total. The van der Waals surface area contributed by atoms with Crippen LogP contribution in [-0.2, 0) is 8.67 Å². The third-order valence-electron chi connectivity index (χ3n) is 4.21. The lowest BCUT2D eigenvalue weighted by Crippen LogP contribution is -2.47. The second kappa shape index (κ2) is 10.5. The highest BCUT2D eigenvalue weighted by atomic mass is 35.6. The fourth-order valence-corrected chi connectivity index (χ4v) is 5.52. The van der Waals surface area contributed by atoms with Crippen molar-refractivity contribution in [3.8, 4) is 0 Å². The van der Waals surface area contributed by atoms with Gasteiger partial charge < -0.3 is 5.11 Å². The minimum absolute atomic E-state index is 0.0626. The molecule has 0 amide bonds. The Balaban J connectivity index is 4.06. The molecule has 0 fully saturated rings. The fraction of sp³-hybridized carbons (Fsp3) is 0.625. The van der Waals surface area contributed by atoms with Gasteiger partial charge in [-0.05, 0) is 22.6 Å². The standard InChI is InChI=1S/C16H12Cl14O/c1-6(2)10(31)9-7(11(17,18)13(21,22)15(25,26)27)4-3-5-8(9)12(19,20)14(23,24)16(28,29)30/h3-6,10,31H,1-2H3. The molecule has 1 aromatic carbocycles. The molecule has 0 aliphatic rings. The molecule has 1 unspecified atom stereocenters. The van der Waals surface area contributed by atoms with Crippen LogP contribution < -0.4 is 0 Å².